The van der Waals surface area contributed by atoms with Crippen LogP contribution in [0.4, 0.5) is 8.78 Å². The molecule has 0 saturated carbocycles. The van der Waals surface area contributed by atoms with E-state index >= 15 is 0 Å². The Morgan fingerprint density at radius 3 is 2.53 bits per heavy atom. The molecule has 7 heteroatoms. The predicted octanol–water partition coefficient (Wildman–Crippen LogP) is 4.10. The topological polar surface area (TPSA) is 74.2 Å². The van der Waals surface area contributed by atoms with E-state index in [9.17, 15) is 18.7 Å². The average Bonchev–Trinajstić information content (AvgIpc) is 2.81. The Balaban J connectivity index is 1.48. The van der Waals surface area contributed by atoms with E-state index in [0.717, 1.165) is 36.5 Å². The molecule has 178 valence electrons. The van der Waals surface area contributed by atoms with Crippen LogP contribution in [0.2, 0.25) is 0 Å². The van der Waals surface area contributed by atoms with Crippen LogP contribution in [-0.2, 0) is 17.6 Å². The van der Waals surface area contributed by atoms with E-state index in [-0.39, 0.29) is 24.9 Å². The minimum absolute atomic E-state index is 0.0600. The highest BCUT2D eigenvalue weighted by Crippen LogP contribution is 2.33. The maximum absolute atomic E-state index is 13.6. The number of aromatic nitrogens is 1. The number of halogens is 2. The van der Waals surface area contributed by atoms with Gasteiger partial charge in [-0.3, -0.25) is 9.78 Å². The van der Waals surface area contributed by atoms with Crippen molar-refractivity contribution in [2.24, 2.45) is 0 Å². The van der Waals surface area contributed by atoms with Gasteiger partial charge in [-0.2, -0.15) is 0 Å². The highest BCUT2D eigenvalue weighted by Gasteiger charge is 2.25. The Labute approximate surface area is 198 Å². The van der Waals surface area contributed by atoms with Crippen LogP contribution in [0.25, 0.3) is 11.1 Å². The molecule has 1 heterocycles. The summed E-state index contributed by atoms with van der Waals surface area (Å²) in [6.07, 6.45) is 5.69. The van der Waals surface area contributed by atoms with E-state index in [1.54, 1.807) is 12.4 Å². The fourth-order valence-electron chi connectivity index (χ4n) is 4.67. The number of carbonyl (C=O) groups is 1. The number of carbonyl (C=O) groups excluding carboxylic acids is 1. The van der Waals surface area contributed by atoms with Gasteiger partial charge >= 0.3 is 0 Å². The van der Waals surface area contributed by atoms with Crippen molar-refractivity contribution in [1.29, 1.82) is 0 Å². The molecule has 2 aromatic carbocycles. The molecule has 0 saturated heterocycles. The molecule has 34 heavy (non-hydrogen) atoms. The van der Waals surface area contributed by atoms with E-state index in [1.807, 2.05) is 12.1 Å². The van der Waals surface area contributed by atoms with Crippen molar-refractivity contribution in [2.45, 2.75) is 50.8 Å². The van der Waals surface area contributed by atoms with Crippen LogP contribution in [-0.4, -0.2) is 34.7 Å². The van der Waals surface area contributed by atoms with Crippen molar-refractivity contribution >= 4 is 5.91 Å². The lowest BCUT2D eigenvalue weighted by atomic mass is 9.85. The Morgan fingerprint density at radius 1 is 1.09 bits per heavy atom. The lowest BCUT2D eigenvalue weighted by molar-refractivity contribution is -0.120. The van der Waals surface area contributed by atoms with E-state index in [4.69, 9.17) is 0 Å². The summed E-state index contributed by atoms with van der Waals surface area (Å²) < 4.78 is 27.2. The second kappa shape index (κ2) is 10.8. The predicted molar refractivity (Wildman–Crippen MR) is 127 cm³/mol. The van der Waals surface area contributed by atoms with Gasteiger partial charge in [-0.1, -0.05) is 12.1 Å². The number of aliphatic hydroxyl groups excluding tert-OH is 1. The second-order valence-electron chi connectivity index (χ2n) is 8.86. The highest BCUT2D eigenvalue weighted by molar-refractivity contribution is 5.73. The van der Waals surface area contributed by atoms with Crippen molar-refractivity contribution in [3.63, 3.8) is 0 Å². The number of rotatable bonds is 8. The van der Waals surface area contributed by atoms with Gasteiger partial charge in [0.05, 0.1) is 12.1 Å². The molecule has 4 rings (SSSR count). The van der Waals surface area contributed by atoms with Crippen LogP contribution in [0, 0.1) is 11.6 Å². The largest absolute Gasteiger partial charge is 0.390 e. The molecule has 5 nitrogen and oxygen atoms in total. The minimum atomic E-state index is -0.941. The summed E-state index contributed by atoms with van der Waals surface area (Å²) >= 11 is 0. The van der Waals surface area contributed by atoms with Gasteiger partial charge in [0, 0.05) is 38.0 Å². The van der Waals surface area contributed by atoms with Crippen LogP contribution < -0.4 is 10.6 Å². The van der Waals surface area contributed by atoms with Gasteiger partial charge in [-0.05, 0) is 83.8 Å². The van der Waals surface area contributed by atoms with E-state index in [1.165, 1.54) is 30.2 Å². The molecule has 1 aliphatic carbocycles. The summed E-state index contributed by atoms with van der Waals surface area (Å²) in [5.41, 5.74) is 5.07. The van der Waals surface area contributed by atoms with E-state index in [0.29, 0.717) is 5.56 Å². The van der Waals surface area contributed by atoms with Crippen molar-refractivity contribution in [3.8, 4) is 11.1 Å². The van der Waals surface area contributed by atoms with Crippen molar-refractivity contribution in [1.82, 2.24) is 15.6 Å². The molecule has 0 aliphatic heterocycles. The smallest absolute Gasteiger partial charge is 0.217 e. The fourth-order valence-corrected chi connectivity index (χ4v) is 4.67. The van der Waals surface area contributed by atoms with Crippen LogP contribution in [0.1, 0.15) is 42.5 Å². The number of fused-ring (bicyclic) bond motifs is 1. The molecule has 0 fully saturated rings. The second-order valence-corrected chi connectivity index (χ2v) is 8.86. The molecular weight excluding hydrogens is 436 g/mol. The molecule has 1 aromatic heterocycles. The number of hydrogen-bond acceptors (Lipinski definition) is 4. The molecule has 3 aromatic rings. The summed E-state index contributed by atoms with van der Waals surface area (Å²) in [4.78, 5) is 15.8. The van der Waals surface area contributed by atoms with Crippen LogP contribution >= 0.6 is 0 Å². The number of benzene rings is 2. The zero-order chi connectivity index (χ0) is 24.1. The van der Waals surface area contributed by atoms with Gasteiger partial charge in [-0.15, -0.1) is 0 Å². The standard InChI is InChI=1S/C27H29F2N3O2/c1-17(33)32-26(13-18-11-22(28)15-23(29)12-18)27(34)16-31-25-4-2-3-20-5-6-21(14-24(20)25)19-7-9-30-10-8-19/h5-12,14-15,25-27,31,34H,2-4,13,16H2,1H3,(H,32,33). The summed E-state index contributed by atoms with van der Waals surface area (Å²) in [6.45, 7) is 1.59. The normalized spacial score (nSPS) is 17.0. The number of nitrogens with one attached hydrogen (secondary N) is 2. The molecule has 0 spiro atoms. The molecule has 1 aliphatic rings. The van der Waals surface area contributed by atoms with Crippen molar-refractivity contribution < 1.29 is 18.7 Å². The monoisotopic (exact) mass is 465 g/mol. The first-order valence-electron chi connectivity index (χ1n) is 11.6. The van der Waals surface area contributed by atoms with Gasteiger partial charge in [0.1, 0.15) is 11.6 Å². The van der Waals surface area contributed by atoms with Crippen molar-refractivity contribution in [2.75, 3.05) is 6.54 Å². The quantitative estimate of drug-likeness (QED) is 0.468. The number of nitrogens with zero attached hydrogens (tertiary/aromatic N) is 1. The summed E-state index contributed by atoms with van der Waals surface area (Å²) in [6, 6.07) is 13.0. The first-order chi connectivity index (χ1) is 16.4. The van der Waals surface area contributed by atoms with Crippen LogP contribution in [0.15, 0.2) is 60.9 Å². The maximum Gasteiger partial charge on any atom is 0.217 e. The van der Waals surface area contributed by atoms with Gasteiger partial charge in [0.15, 0.2) is 0 Å². The molecule has 0 radical (unpaired) electrons. The van der Waals surface area contributed by atoms with Crippen LogP contribution in [0.3, 0.4) is 0 Å². The van der Waals surface area contributed by atoms with Gasteiger partial charge < -0.3 is 15.7 Å². The molecule has 3 atom stereocenters. The highest BCUT2D eigenvalue weighted by atomic mass is 19.1. The summed E-state index contributed by atoms with van der Waals surface area (Å²) in [7, 11) is 0. The first-order valence-corrected chi connectivity index (χ1v) is 11.6. The number of hydrogen-bond donors (Lipinski definition) is 3. The number of aliphatic hydroxyl groups is 1. The molecule has 3 N–H and O–H groups in total. The zero-order valence-electron chi connectivity index (χ0n) is 19.1. The van der Waals surface area contributed by atoms with Crippen LogP contribution in [0.5, 0.6) is 0 Å². The molecule has 3 unspecified atom stereocenters. The third-order valence-electron chi connectivity index (χ3n) is 6.28. The molecule has 1 amide bonds. The zero-order valence-corrected chi connectivity index (χ0v) is 19.1. The third-order valence-corrected chi connectivity index (χ3v) is 6.28. The lowest BCUT2D eigenvalue weighted by Crippen LogP contribution is -2.48. The first kappa shape index (κ1) is 24.0. The van der Waals surface area contributed by atoms with E-state index in [2.05, 4.69) is 33.8 Å². The Morgan fingerprint density at radius 2 is 1.82 bits per heavy atom. The van der Waals surface area contributed by atoms with Gasteiger partial charge in [-0.25, -0.2) is 8.78 Å². The SMILES string of the molecule is CC(=O)NC(Cc1cc(F)cc(F)c1)C(O)CNC1CCCc2ccc(-c3ccncc3)cc21. The summed E-state index contributed by atoms with van der Waals surface area (Å²) in [5.74, 6) is -1.69. The average molecular weight is 466 g/mol. The maximum atomic E-state index is 13.6. The number of aryl methyl sites for hydroxylation is 1. The Hall–Kier alpha value is -3.16. The fraction of sp³-hybridized carbons (Fsp3) is 0.333. The Kier molecular flexibility index (Phi) is 7.65. The van der Waals surface area contributed by atoms with Gasteiger partial charge in [0.25, 0.3) is 0 Å². The van der Waals surface area contributed by atoms with E-state index < -0.39 is 23.8 Å². The van der Waals surface area contributed by atoms with Crippen molar-refractivity contribution in [3.05, 3.63) is 89.2 Å². The third kappa shape index (κ3) is 6.04. The minimum Gasteiger partial charge on any atom is -0.390 e. The summed E-state index contributed by atoms with van der Waals surface area (Å²) in [5, 5.41) is 17.1. The van der Waals surface area contributed by atoms with Gasteiger partial charge in [0.2, 0.25) is 5.91 Å². The Bertz CT molecular complexity index is 1120. The number of pyridine rings is 1. The lowest BCUT2D eigenvalue weighted by Gasteiger charge is -2.30. The number of amides is 1. The molecule has 0 bridgehead atoms. The molecular formula is C27H29F2N3O2.